The maximum Gasteiger partial charge on any atom is 0.339 e. The highest BCUT2D eigenvalue weighted by Crippen LogP contribution is 2.27. The maximum absolute atomic E-state index is 12.7. The zero-order valence-electron chi connectivity index (χ0n) is 16.4. The SMILES string of the molecule is COC(=O)c1ccccc1NC(=O)c1sc(NS(=O)(=O)c2ccc(C)cc2)nc1C. The minimum Gasteiger partial charge on any atom is -0.465 e. The van der Waals surface area contributed by atoms with E-state index in [4.69, 9.17) is 4.74 Å². The van der Waals surface area contributed by atoms with Crippen molar-refractivity contribution in [2.45, 2.75) is 18.7 Å². The third-order valence-electron chi connectivity index (χ3n) is 4.14. The molecule has 0 radical (unpaired) electrons. The van der Waals surface area contributed by atoms with Crippen molar-refractivity contribution in [3.05, 3.63) is 70.2 Å². The Morgan fingerprint density at radius 2 is 1.70 bits per heavy atom. The second-order valence-electron chi connectivity index (χ2n) is 6.34. The van der Waals surface area contributed by atoms with Crippen molar-refractivity contribution in [2.75, 3.05) is 17.1 Å². The first kappa shape index (κ1) is 21.5. The summed E-state index contributed by atoms with van der Waals surface area (Å²) < 4.78 is 32.2. The lowest BCUT2D eigenvalue weighted by molar-refractivity contribution is 0.0602. The van der Waals surface area contributed by atoms with E-state index in [1.165, 1.54) is 25.3 Å². The number of ether oxygens (including phenoxy) is 1. The Labute approximate surface area is 178 Å². The number of carbonyl (C=O) groups excluding carboxylic acids is 2. The number of para-hydroxylation sites is 1. The highest BCUT2D eigenvalue weighted by atomic mass is 32.2. The lowest BCUT2D eigenvalue weighted by Crippen LogP contribution is -2.15. The number of hydrogen-bond donors (Lipinski definition) is 2. The average molecular weight is 446 g/mol. The van der Waals surface area contributed by atoms with Gasteiger partial charge < -0.3 is 10.1 Å². The minimum atomic E-state index is -3.83. The van der Waals surface area contributed by atoms with E-state index in [1.54, 1.807) is 37.3 Å². The van der Waals surface area contributed by atoms with Crippen LogP contribution < -0.4 is 10.0 Å². The summed E-state index contributed by atoms with van der Waals surface area (Å²) in [5.41, 5.74) is 1.78. The zero-order chi connectivity index (χ0) is 21.9. The molecule has 10 heteroatoms. The Morgan fingerprint density at radius 3 is 2.37 bits per heavy atom. The van der Waals surface area contributed by atoms with Crippen molar-refractivity contribution < 1.29 is 22.7 Å². The summed E-state index contributed by atoms with van der Waals surface area (Å²) in [6.45, 7) is 3.46. The molecule has 2 N–H and O–H groups in total. The molecule has 0 saturated carbocycles. The minimum absolute atomic E-state index is 0.0690. The molecule has 2 aromatic carbocycles. The van der Waals surface area contributed by atoms with E-state index in [-0.39, 0.29) is 26.2 Å². The third kappa shape index (κ3) is 4.66. The second-order valence-corrected chi connectivity index (χ2v) is 9.02. The van der Waals surface area contributed by atoms with Crippen LogP contribution in [-0.2, 0) is 14.8 Å². The van der Waals surface area contributed by atoms with Crippen LogP contribution in [0.1, 0.15) is 31.3 Å². The normalized spacial score (nSPS) is 11.0. The number of rotatable bonds is 6. The molecule has 0 fully saturated rings. The van der Waals surface area contributed by atoms with Crippen LogP contribution in [0, 0.1) is 13.8 Å². The van der Waals surface area contributed by atoms with Gasteiger partial charge in [0.2, 0.25) is 0 Å². The lowest BCUT2D eigenvalue weighted by atomic mass is 10.1. The standard InChI is InChI=1S/C20H19N3O5S2/c1-12-8-10-14(11-9-12)30(26,27)23-20-21-13(2)17(29-20)18(24)22-16-7-5-4-6-15(16)19(25)28-3/h4-11H,1-3H3,(H,21,23)(H,22,24). The Bertz CT molecular complexity index is 1200. The van der Waals surface area contributed by atoms with E-state index in [0.717, 1.165) is 16.9 Å². The molecule has 156 valence electrons. The third-order valence-corrected chi connectivity index (χ3v) is 6.69. The Kier molecular flexibility index (Phi) is 6.18. The van der Waals surface area contributed by atoms with Gasteiger partial charge in [-0.15, -0.1) is 0 Å². The number of aryl methyl sites for hydroxylation is 2. The fourth-order valence-electron chi connectivity index (χ4n) is 2.60. The summed E-state index contributed by atoms with van der Waals surface area (Å²) in [5, 5.41) is 2.72. The van der Waals surface area contributed by atoms with Crippen LogP contribution in [0.2, 0.25) is 0 Å². The summed E-state index contributed by atoms with van der Waals surface area (Å²) in [6.07, 6.45) is 0. The van der Waals surface area contributed by atoms with Crippen molar-refractivity contribution in [3.8, 4) is 0 Å². The van der Waals surface area contributed by atoms with Gasteiger partial charge >= 0.3 is 5.97 Å². The fourth-order valence-corrected chi connectivity index (χ4v) is 4.70. The molecule has 0 spiro atoms. The first-order chi connectivity index (χ1) is 14.2. The Morgan fingerprint density at radius 1 is 1.03 bits per heavy atom. The molecule has 0 bridgehead atoms. The summed E-state index contributed by atoms with van der Waals surface area (Å²) in [6, 6.07) is 12.8. The molecule has 1 heterocycles. The fraction of sp³-hybridized carbons (Fsp3) is 0.150. The smallest absolute Gasteiger partial charge is 0.339 e. The predicted octanol–water partition coefficient (Wildman–Crippen LogP) is 3.60. The van der Waals surface area contributed by atoms with Gasteiger partial charge in [-0.2, -0.15) is 0 Å². The van der Waals surface area contributed by atoms with Gasteiger partial charge in [0.05, 0.1) is 29.0 Å². The number of sulfonamides is 1. The summed E-state index contributed by atoms with van der Waals surface area (Å²) in [7, 11) is -2.58. The number of carbonyl (C=O) groups is 2. The van der Waals surface area contributed by atoms with Gasteiger partial charge in [-0.3, -0.25) is 9.52 Å². The van der Waals surface area contributed by atoms with Crippen molar-refractivity contribution in [2.24, 2.45) is 0 Å². The second kappa shape index (κ2) is 8.64. The van der Waals surface area contributed by atoms with Crippen LogP contribution in [-0.4, -0.2) is 32.4 Å². The molecule has 0 aliphatic rings. The molecule has 3 rings (SSSR count). The van der Waals surface area contributed by atoms with E-state index in [1.807, 2.05) is 6.92 Å². The lowest BCUT2D eigenvalue weighted by Gasteiger charge is -2.08. The van der Waals surface area contributed by atoms with Crippen molar-refractivity contribution in [1.29, 1.82) is 0 Å². The van der Waals surface area contributed by atoms with Crippen LogP contribution in [0.5, 0.6) is 0 Å². The highest BCUT2D eigenvalue weighted by molar-refractivity contribution is 7.93. The van der Waals surface area contributed by atoms with Crippen molar-refractivity contribution in [1.82, 2.24) is 4.98 Å². The van der Waals surface area contributed by atoms with Gasteiger partial charge in [-0.05, 0) is 38.1 Å². The number of hydrogen-bond acceptors (Lipinski definition) is 7. The van der Waals surface area contributed by atoms with E-state index >= 15 is 0 Å². The molecule has 30 heavy (non-hydrogen) atoms. The molecule has 0 aliphatic carbocycles. The van der Waals surface area contributed by atoms with Gasteiger partial charge in [0, 0.05) is 0 Å². The average Bonchev–Trinajstić information content (AvgIpc) is 3.07. The van der Waals surface area contributed by atoms with Crippen LogP contribution in [0.3, 0.4) is 0 Å². The Balaban J connectivity index is 1.82. The van der Waals surface area contributed by atoms with Gasteiger partial charge in [0.25, 0.3) is 15.9 Å². The van der Waals surface area contributed by atoms with Gasteiger partial charge in [0.15, 0.2) is 5.13 Å². The summed E-state index contributed by atoms with van der Waals surface area (Å²) in [4.78, 5) is 29.1. The molecular formula is C20H19N3O5S2. The van der Waals surface area contributed by atoms with E-state index in [0.29, 0.717) is 5.69 Å². The van der Waals surface area contributed by atoms with Gasteiger partial charge in [-0.1, -0.05) is 41.2 Å². The first-order valence-corrected chi connectivity index (χ1v) is 11.1. The van der Waals surface area contributed by atoms with Crippen molar-refractivity contribution in [3.63, 3.8) is 0 Å². The predicted molar refractivity (Wildman–Crippen MR) is 115 cm³/mol. The molecular weight excluding hydrogens is 426 g/mol. The molecule has 0 atom stereocenters. The van der Waals surface area contributed by atoms with Crippen LogP contribution >= 0.6 is 11.3 Å². The Hall–Kier alpha value is -3.24. The number of aromatic nitrogens is 1. The number of methoxy groups -OCH3 is 1. The number of anilines is 2. The molecule has 3 aromatic rings. The number of benzene rings is 2. The van der Waals surface area contributed by atoms with E-state index in [2.05, 4.69) is 15.0 Å². The molecule has 1 amide bonds. The number of esters is 1. The summed E-state index contributed by atoms with van der Waals surface area (Å²) in [5.74, 6) is -1.10. The molecule has 0 saturated heterocycles. The quantitative estimate of drug-likeness (QED) is 0.560. The topological polar surface area (TPSA) is 114 Å². The van der Waals surface area contributed by atoms with Gasteiger partial charge in [-0.25, -0.2) is 18.2 Å². The monoisotopic (exact) mass is 445 g/mol. The first-order valence-electron chi connectivity index (χ1n) is 8.77. The van der Waals surface area contributed by atoms with Crippen LogP contribution in [0.25, 0.3) is 0 Å². The number of nitrogens with zero attached hydrogens (tertiary/aromatic N) is 1. The molecule has 1 aromatic heterocycles. The van der Waals surface area contributed by atoms with E-state index in [9.17, 15) is 18.0 Å². The number of amides is 1. The molecule has 8 nitrogen and oxygen atoms in total. The van der Waals surface area contributed by atoms with E-state index < -0.39 is 21.9 Å². The zero-order valence-corrected chi connectivity index (χ0v) is 18.1. The summed E-state index contributed by atoms with van der Waals surface area (Å²) >= 11 is 0.902. The number of thiazole rings is 1. The van der Waals surface area contributed by atoms with Gasteiger partial charge in [0.1, 0.15) is 4.88 Å². The largest absolute Gasteiger partial charge is 0.465 e. The van der Waals surface area contributed by atoms with Crippen LogP contribution in [0.4, 0.5) is 10.8 Å². The van der Waals surface area contributed by atoms with Crippen molar-refractivity contribution >= 4 is 44.1 Å². The maximum atomic E-state index is 12.7. The molecule has 0 unspecified atom stereocenters. The highest BCUT2D eigenvalue weighted by Gasteiger charge is 2.21. The molecule has 0 aliphatic heterocycles. The number of nitrogens with one attached hydrogen (secondary N) is 2. The van der Waals surface area contributed by atoms with Crippen LogP contribution in [0.15, 0.2) is 53.4 Å².